The topological polar surface area (TPSA) is 34.1 Å². The van der Waals surface area contributed by atoms with Gasteiger partial charge in [0.25, 0.3) is 0 Å². The lowest BCUT2D eigenvalue weighted by Gasteiger charge is -2.33. The van der Waals surface area contributed by atoms with Gasteiger partial charge < -0.3 is 10.1 Å². The molecule has 3 heteroatoms. The van der Waals surface area contributed by atoms with Gasteiger partial charge in [0.05, 0.1) is 0 Å². The minimum absolute atomic E-state index is 0.356. The van der Waals surface area contributed by atoms with Crippen LogP contribution in [-0.4, -0.2) is 23.2 Å². The van der Waals surface area contributed by atoms with Crippen LogP contribution in [0.3, 0.4) is 0 Å². The number of nitrogens with zero attached hydrogens (tertiary/aromatic N) is 1. The zero-order chi connectivity index (χ0) is 13.6. The third-order valence-electron chi connectivity index (χ3n) is 4.68. The van der Waals surface area contributed by atoms with E-state index in [1.165, 1.54) is 44.9 Å². The molecule has 2 saturated carbocycles. The fourth-order valence-corrected chi connectivity index (χ4v) is 3.54. The molecule has 3 rings (SSSR count). The molecule has 3 nitrogen and oxygen atoms in total. The highest BCUT2D eigenvalue weighted by molar-refractivity contribution is 5.09. The molecular formula is C17H26N2O. The van der Waals surface area contributed by atoms with Crippen LogP contribution < -0.4 is 10.1 Å². The van der Waals surface area contributed by atoms with Crippen molar-refractivity contribution in [2.45, 2.75) is 76.0 Å². The number of nitrogens with one attached hydrogen (secondary N) is 1. The lowest BCUT2D eigenvalue weighted by atomic mass is 9.89. The smallest absolute Gasteiger partial charge is 0.213 e. The molecule has 0 atom stereocenters. The van der Waals surface area contributed by atoms with E-state index in [0.717, 1.165) is 24.8 Å². The van der Waals surface area contributed by atoms with E-state index in [4.69, 9.17) is 4.74 Å². The molecule has 1 heterocycles. The molecule has 0 amide bonds. The van der Waals surface area contributed by atoms with Crippen molar-refractivity contribution in [1.29, 1.82) is 0 Å². The predicted molar refractivity (Wildman–Crippen MR) is 80.9 cm³/mol. The molecule has 2 aliphatic carbocycles. The largest absolute Gasteiger partial charge is 0.474 e. The van der Waals surface area contributed by atoms with Crippen LogP contribution >= 0.6 is 0 Å². The number of hydrogen-bond donors (Lipinski definition) is 1. The molecule has 1 N–H and O–H groups in total. The Balaban J connectivity index is 1.40. The number of ether oxygens (including phenoxy) is 1. The first-order valence-corrected chi connectivity index (χ1v) is 8.24. The van der Waals surface area contributed by atoms with Crippen LogP contribution in [0.1, 0.15) is 57.8 Å². The summed E-state index contributed by atoms with van der Waals surface area (Å²) in [7, 11) is 0. The zero-order valence-corrected chi connectivity index (χ0v) is 12.3. The normalized spacial score (nSPS) is 28.2. The standard InChI is InChI=1S/C17H26N2O/c1-2-6-14(7-3-1)19-15-9-11-16(12-10-15)20-17-8-4-5-13-18-17/h4-5,8,13-16,19H,1-3,6-7,9-12H2/t15-,16-. The third kappa shape index (κ3) is 3.95. The summed E-state index contributed by atoms with van der Waals surface area (Å²) < 4.78 is 5.95. The Kier molecular flexibility index (Phi) is 4.91. The summed E-state index contributed by atoms with van der Waals surface area (Å²) in [5.41, 5.74) is 0. The Morgan fingerprint density at radius 2 is 1.65 bits per heavy atom. The highest BCUT2D eigenvalue weighted by atomic mass is 16.5. The van der Waals surface area contributed by atoms with Crippen molar-refractivity contribution in [3.05, 3.63) is 24.4 Å². The molecule has 1 aromatic rings. The number of pyridine rings is 1. The molecule has 0 saturated heterocycles. The second-order valence-electron chi connectivity index (χ2n) is 6.26. The molecule has 20 heavy (non-hydrogen) atoms. The van der Waals surface area contributed by atoms with Crippen molar-refractivity contribution in [2.24, 2.45) is 0 Å². The van der Waals surface area contributed by atoms with E-state index in [1.54, 1.807) is 6.20 Å². The molecule has 2 fully saturated rings. The lowest BCUT2D eigenvalue weighted by molar-refractivity contribution is 0.129. The predicted octanol–water partition coefficient (Wildman–Crippen LogP) is 3.69. The lowest BCUT2D eigenvalue weighted by Crippen LogP contribution is -2.42. The molecule has 0 aromatic carbocycles. The fourth-order valence-electron chi connectivity index (χ4n) is 3.54. The van der Waals surface area contributed by atoms with E-state index in [2.05, 4.69) is 10.3 Å². The van der Waals surface area contributed by atoms with Gasteiger partial charge in [0.15, 0.2) is 0 Å². The van der Waals surface area contributed by atoms with E-state index >= 15 is 0 Å². The molecule has 2 aliphatic rings. The van der Waals surface area contributed by atoms with Crippen LogP contribution in [0.4, 0.5) is 0 Å². The minimum Gasteiger partial charge on any atom is -0.474 e. The van der Waals surface area contributed by atoms with Crippen LogP contribution in [0.5, 0.6) is 5.88 Å². The average Bonchev–Trinajstić information content (AvgIpc) is 2.51. The van der Waals surface area contributed by atoms with E-state index in [1.807, 2.05) is 18.2 Å². The number of hydrogen-bond acceptors (Lipinski definition) is 3. The van der Waals surface area contributed by atoms with E-state index < -0.39 is 0 Å². The summed E-state index contributed by atoms with van der Waals surface area (Å²) in [5.74, 6) is 0.774. The van der Waals surface area contributed by atoms with Crippen LogP contribution in [0.25, 0.3) is 0 Å². The average molecular weight is 274 g/mol. The van der Waals surface area contributed by atoms with Crippen molar-refractivity contribution in [3.63, 3.8) is 0 Å². The van der Waals surface area contributed by atoms with Gasteiger partial charge in [0.1, 0.15) is 6.10 Å². The van der Waals surface area contributed by atoms with Gasteiger partial charge in [-0.2, -0.15) is 0 Å². The van der Waals surface area contributed by atoms with Crippen molar-refractivity contribution in [1.82, 2.24) is 10.3 Å². The maximum Gasteiger partial charge on any atom is 0.213 e. The second-order valence-corrected chi connectivity index (χ2v) is 6.26. The Bertz CT molecular complexity index is 381. The van der Waals surface area contributed by atoms with Gasteiger partial charge in [-0.25, -0.2) is 4.98 Å². The first kappa shape index (κ1) is 13.9. The summed E-state index contributed by atoms with van der Waals surface area (Å²) in [6.45, 7) is 0. The monoisotopic (exact) mass is 274 g/mol. The maximum atomic E-state index is 5.95. The van der Waals surface area contributed by atoms with E-state index in [0.29, 0.717) is 12.1 Å². The molecular weight excluding hydrogens is 248 g/mol. The van der Waals surface area contributed by atoms with Gasteiger partial charge in [0, 0.05) is 24.3 Å². The highest BCUT2D eigenvalue weighted by Crippen LogP contribution is 2.25. The highest BCUT2D eigenvalue weighted by Gasteiger charge is 2.25. The Morgan fingerprint density at radius 1 is 0.900 bits per heavy atom. The van der Waals surface area contributed by atoms with Crippen molar-refractivity contribution in [3.8, 4) is 5.88 Å². The van der Waals surface area contributed by atoms with Crippen molar-refractivity contribution in [2.75, 3.05) is 0 Å². The Morgan fingerprint density at radius 3 is 2.35 bits per heavy atom. The van der Waals surface area contributed by atoms with Gasteiger partial charge in [-0.05, 0) is 44.6 Å². The minimum atomic E-state index is 0.356. The Labute approximate surface area is 122 Å². The molecule has 1 aromatic heterocycles. The first-order chi connectivity index (χ1) is 9.90. The quantitative estimate of drug-likeness (QED) is 0.909. The molecule has 0 unspecified atom stereocenters. The number of rotatable bonds is 4. The summed E-state index contributed by atoms with van der Waals surface area (Å²) >= 11 is 0. The van der Waals surface area contributed by atoms with Gasteiger partial charge in [0.2, 0.25) is 5.88 Å². The summed E-state index contributed by atoms with van der Waals surface area (Å²) in [4.78, 5) is 4.25. The van der Waals surface area contributed by atoms with Gasteiger partial charge in [-0.15, -0.1) is 0 Å². The van der Waals surface area contributed by atoms with Crippen LogP contribution in [0.2, 0.25) is 0 Å². The Hall–Kier alpha value is -1.09. The van der Waals surface area contributed by atoms with Gasteiger partial charge in [-0.3, -0.25) is 0 Å². The van der Waals surface area contributed by atoms with Crippen molar-refractivity contribution >= 4 is 0 Å². The third-order valence-corrected chi connectivity index (χ3v) is 4.68. The van der Waals surface area contributed by atoms with E-state index in [9.17, 15) is 0 Å². The molecule has 0 radical (unpaired) electrons. The van der Waals surface area contributed by atoms with Crippen LogP contribution in [-0.2, 0) is 0 Å². The van der Waals surface area contributed by atoms with Gasteiger partial charge in [-0.1, -0.05) is 25.3 Å². The number of aromatic nitrogens is 1. The molecule has 0 bridgehead atoms. The molecule has 0 aliphatic heterocycles. The fraction of sp³-hybridized carbons (Fsp3) is 0.706. The molecule has 110 valence electrons. The van der Waals surface area contributed by atoms with Crippen molar-refractivity contribution < 1.29 is 4.74 Å². The zero-order valence-electron chi connectivity index (χ0n) is 12.3. The first-order valence-electron chi connectivity index (χ1n) is 8.24. The summed E-state index contributed by atoms with van der Waals surface area (Å²) in [6, 6.07) is 7.35. The SMILES string of the molecule is c1ccc(O[C@H]2CC[C@H](NC3CCCCC3)CC2)nc1. The van der Waals surface area contributed by atoms with E-state index in [-0.39, 0.29) is 0 Å². The molecule has 0 spiro atoms. The second kappa shape index (κ2) is 7.07. The summed E-state index contributed by atoms with van der Waals surface area (Å²) in [6.07, 6.45) is 14.0. The maximum absolute atomic E-state index is 5.95. The summed E-state index contributed by atoms with van der Waals surface area (Å²) in [5, 5.41) is 3.87. The van der Waals surface area contributed by atoms with Crippen LogP contribution in [0.15, 0.2) is 24.4 Å². The van der Waals surface area contributed by atoms with Crippen LogP contribution in [0, 0.1) is 0 Å². The van der Waals surface area contributed by atoms with Gasteiger partial charge >= 0.3 is 0 Å².